The van der Waals surface area contributed by atoms with Crippen molar-refractivity contribution in [3.8, 4) is 0 Å². The number of hydrogen-bond acceptors (Lipinski definition) is 8. The van der Waals surface area contributed by atoms with Crippen molar-refractivity contribution in [2.24, 2.45) is 0 Å². The first-order valence-corrected chi connectivity index (χ1v) is 22.8. The van der Waals surface area contributed by atoms with Crippen molar-refractivity contribution in [3.05, 3.63) is 12.7 Å². The van der Waals surface area contributed by atoms with Gasteiger partial charge in [-0.3, -0.25) is 14.2 Å². The number of phosphoric ester groups is 1. The molecule has 0 radical (unpaired) electrons. The number of rotatable bonds is 40. The van der Waals surface area contributed by atoms with Gasteiger partial charge in [-0.25, -0.2) is 0 Å². The number of likely N-dealkylation sites (N-methyl/N-ethyl adjacent to an activating group) is 1. The van der Waals surface area contributed by atoms with E-state index < -0.39 is 26.5 Å². The van der Waals surface area contributed by atoms with Gasteiger partial charge in [0, 0.05) is 12.8 Å². The number of carbonyl (C=O) groups excluding carboxylic acids is 2. The van der Waals surface area contributed by atoms with Gasteiger partial charge in [-0.2, -0.15) is 0 Å². The van der Waals surface area contributed by atoms with Crippen LogP contribution < -0.4 is 4.89 Å². The molecule has 1 unspecified atom stereocenters. The maximum Gasteiger partial charge on any atom is 0.306 e. The molecule has 0 aliphatic carbocycles. The average Bonchev–Trinajstić information content (AvgIpc) is 3.09. The molecule has 308 valence electrons. The second-order valence-corrected chi connectivity index (χ2v) is 17.2. The topological polar surface area (TPSA) is 111 Å². The molecule has 0 aromatic carbocycles. The number of nitrogens with zero attached hydrogens (tertiary/aromatic N) is 1. The van der Waals surface area contributed by atoms with Crippen molar-refractivity contribution < 1.29 is 42.1 Å². The maximum atomic E-state index is 12.6. The van der Waals surface area contributed by atoms with Crippen molar-refractivity contribution in [2.75, 3.05) is 47.5 Å². The quantitative estimate of drug-likeness (QED) is 0.0200. The predicted octanol–water partition coefficient (Wildman–Crippen LogP) is 11.2. The van der Waals surface area contributed by atoms with Gasteiger partial charge < -0.3 is 27.9 Å². The lowest BCUT2D eigenvalue weighted by molar-refractivity contribution is -0.870. The minimum atomic E-state index is -4.62. The van der Waals surface area contributed by atoms with E-state index in [9.17, 15) is 19.0 Å². The van der Waals surface area contributed by atoms with Gasteiger partial charge in [0.15, 0.2) is 6.10 Å². The smallest absolute Gasteiger partial charge is 0.306 e. The number of unbranched alkanes of at least 4 members (excludes halogenated alkanes) is 25. The summed E-state index contributed by atoms with van der Waals surface area (Å²) in [7, 11) is 1.17. The highest BCUT2D eigenvalue weighted by Crippen LogP contribution is 2.38. The molecule has 0 aliphatic rings. The molecule has 0 bridgehead atoms. The van der Waals surface area contributed by atoms with Gasteiger partial charge in [0.05, 0.1) is 27.7 Å². The second-order valence-electron chi connectivity index (χ2n) is 15.8. The summed E-state index contributed by atoms with van der Waals surface area (Å²) in [5.41, 5.74) is 0. The lowest BCUT2D eigenvalue weighted by atomic mass is 10.0. The Morgan fingerprint density at radius 1 is 0.615 bits per heavy atom. The molecule has 0 amide bonds. The standard InChI is InChI=1S/C42H82NO8P/c1-6-8-10-12-14-16-18-20-21-23-24-26-28-30-32-34-41(44)48-38-40(39-50-52(46,47)49-37-36-43(3,4)5)51-42(45)35-33-31-29-27-25-22-19-17-15-13-11-9-7-2/h6,40H,1,7-39H2,2-5H3/t40-/m1/s1. The first-order valence-electron chi connectivity index (χ1n) is 21.4. The predicted molar refractivity (Wildman–Crippen MR) is 213 cm³/mol. The van der Waals surface area contributed by atoms with Crippen molar-refractivity contribution in [2.45, 2.75) is 199 Å². The summed E-state index contributed by atoms with van der Waals surface area (Å²) in [5, 5.41) is 0. The van der Waals surface area contributed by atoms with Gasteiger partial charge in [0.2, 0.25) is 0 Å². The number of carbonyl (C=O) groups is 2. The minimum absolute atomic E-state index is 0.0281. The number of esters is 2. The van der Waals surface area contributed by atoms with E-state index in [0.29, 0.717) is 17.4 Å². The fourth-order valence-corrected chi connectivity index (χ4v) is 6.78. The molecule has 10 heteroatoms. The lowest BCUT2D eigenvalue weighted by Gasteiger charge is -2.28. The Hall–Kier alpha value is -1.25. The highest BCUT2D eigenvalue weighted by atomic mass is 31.2. The Bertz CT molecular complexity index is 894. The Morgan fingerprint density at radius 3 is 1.44 bits per heavy atom. The van der Waals surface area contributed by atoms with E-state index in [2.05, 4.69) is 13.5 Å². The molecule has 0 N–H and O–H groups in total. The van der Waals surface area contributed by atoms with Gasteiger partial charge >= 0.3 is 11.9 Å². The summed E-state index contributed by atoms with van der Waals surface area (Å²) in [6.45, 7) is 5.76. The fourth-order valence-electron chi connectivity index (χ4n) is 6.05. The van der Waals surface area contributed by atoms with E-state index in [1.807, 2.05) is 27.2 Å². The summed E-state index contributed by atoms with van der Waals surface area (Å²) < 4.78 is 33.9. The van der Waals surface area contributed by atoms with E-state index >= 15 is 0 Å². The van der Waals surface area contributed by atoms with E-state index in [-0.39, 0.29) is 32.0 Å². The van der Waals surface area contributed by atoms with Crippen LogP contribution in [0.3, 0.4) is 0 Å². The SMILES string of the molecule is C=CCCCCCCCCCCCCCCCC(=O)OC[C@H](COP(=O)([O-])OCC[N+](C)(C)C)OC(=O)CCCCCCCCCCCCCCC. The van der Waals surface area contributed by atoms with E-state index in [4.69, 9.17) is 18.5 Å². The summed E-state index contributed by atoms with van der Waals surface area (Å²) in [4.78, 5) is 37.4. The molecular formula is C42H82NO8P. The van der Waals surface area contributed by atoms with Crippen LogP contribution in [0.4, 0.5) is 0 Å². The van der Waals surface area contributed by atoms with Crippen LogP contribution in [0.5, 0.6) is 0 Å². The molecule has 0 saturated heterocycles. The molecule has 0 aromatic rings. The van der Waals surface area contributed by atoms with E-state index in [1.54, 1.807) is 0 Å². The van der Waals surface area contributed by atoms with Crippen molar-refractivity contribution in [1.29, 1.82) is 0 Å². The molecule has 0 rings (SSSR count). The Morgan fingerprint density at radius 2 is 1.02 bits per heavy atom. The van der Waals surface area contributed by atoms with Gasteiger partial charge in [0.25, 0.3) is 7.82 Å². The van der Waals surface area contributed by atoms with E-state index in [1.165, 1.54) is 128 Å². The highest BCUT2D eigenvalue weighted by Gasteiger charge is 2.21. The van der Waals surface area contributed by atoms with Crippen LogP contribution in [0.1, 0.15) is 193 Å². The third-order valence-corrected chi connectivity index (χ3v) is 10.4. The zero-order valence-corrected chi connectivity index (χ0v) is 35.3. The molecule has 0 saturated carbocycles. The van der Waals surface area contributed by atoms with Crippen LogP contribution >= 0.6 is 7.82 Å². The van der Waals surface area contributed by atoms with Crippen molar-refractivity contribution >= 4 is 19.8 Å². The monoisotopic (exact) mass is 760 g/mol. The van der Waals surface area contributed by atoms with Crippen molar-refractivity contribution in [1.82, 2.24) is 0 Å². The molecule has 0 aliphatic heterocycles. The molecule has 0 spiro atoms. The number of hydrogen-bond donors (Lipinski definition) is 0. The van der Waals surface area contributed by atoms with Crippen LogP contribution in [0.25, 0.3) is 0 Å². The maximum absolute atomic E-state index is 12.6. The van der Waals surface area contributed by atoms with Gasteiger partial charge in [-0.05, 0) is 25.7 Å². The zero-order valence-electron chi connectivity index (χ0n) is 34.4. The first-order chi connectivity index (χ1) is 25.0. The zero-order chi connectivity index (χ0) is 38.6. The third kappa shape index (κ3) is 38.5. The highest BCUT2D eigenvalue weighted by molar-refractivity contribution is 7.45. The second kappa shape index (κ2) is 35.5. The molecule has 0 fully saturated rings. The minimum Gasteiger partial charge on any atom is -0.756 e. The van der Waals surface area contributed by atoms with Crippen LogP contribution in [0.15, 0.2) is 12.7 Å². The molecule has 9 nitrogen and oxygen atoms in total. The number of ether oxygens (including phenoxy) is 2. The molecule has 0 aromatic heterocycles. The van der Waals surface area contributed by atoms with Gasteiger partial charge in [0.1, 0.15) is 19.8 Å². The molecule has 52 heavy (non-hydrogen) atoms. The van der Waals surface area contributed by atoms with Gasteiger partial charge in [-0.15, -0.1) is 6.58 Å². The summed E-state index contributed by atoms with van der Waals surface area (Å²) in [5.74, 6) is -0.829. The fraction of sp³-hybridized carbons (Fsp3) is 0.905. The Balaban J connectivity index is 4.33. The Labute approximate surface area is 320 Å². The molecule has 2 atom stereocenters. The van der Waals surface area contributed by atoms with E-state index in [0.717, 1.165) is 38.5 Å². The summed E-state index contributed by atoms with van der Waals surface area (Å²) in [6, 6.07) is 0. The Kier molecular flexibility index (Phi) is 34.6. The molecular weight excluding hydrogens is 677 g/mol. The lowest BCUT2D eigenvalue weighted by Crippen LogP contribution is -2.37. The number of phosphoric acid groups is 1. The first kappa shape index (κ1) is 50.8. The van der Waals surface area contributed by atoms with Crippen LogP contribution in [-0.2, 0) is 32.7 Å². The normalized spacial score (nSPS) is 13.5. The number of allylic oxidation sites excluding steroid dienone is 1. The molecule has 0 heterocycles. The largest absolute Gasteiger partial charge is 0.756 e. The average molecular weight is 760 g/mol. The van der Waals surface area contributed by atoms with Crippen LogP contribution in [0, 0.1) is 0 Å². The van der Waals surface area contributed by atoms with Crippen LogP contribution in [-0.4, -0.2) is 70.0 Å². The third-order valence-electron chi connectivity index (χ3n) is 9.43. The summed E-state index contributed by atoms with van der Waals surface area (Å²) in [6.07, 6.45) is 34.1. The van der Waals surface area contributed by atoms with Crippen LogP contribution in [0.2, 0.25) is 0 Å². The number of quaternary nitrogens is 1. The summed E-state index contributed by atoms with van der Waals surface area (Å²) >= 11 is 0. The van der Waals surface area contributed by atoms with Gasteiger partial charge in [-0.1, -0.05) is 161 Å². The van der Waals surface area contributed by atoms with Crippen molar-refractivity contribution in [3.63, 3.8) is 0 Å².